The van der Waals surface area contributed by atoms with Crippen molar-refractivity contribution in [3.05, 3.63) is 54.2 Å². The van der Waals surface area contributed by atoms with Gasteiger partial charge in [-0.05, 0) is 42.9 Å². The number of thiazole rings is 1. The van der Waals surface area contributed by atoms with Crippen LogP contribution in [-0.4, -0.2) is 23.1 Å². The van der Waals surface area contributed by atoms with Crippen LogP contribution >= 0.6 is 11.3 Å². The molecule has 0 bridgehead atoms. The lowest BCUT2D eigenvalue weighted by Gasteiger charge is -2.31. The topological polar surface area (TPSA) is 29.0 Å². The second-order valence-electron chi connectivity index (χ2n) is 5.94. The smallest absolute Gasteiger partial charge is 0.187 e. The van der Waals surface area contributed by atoms with Crippen molar-refractivity contribution >= 4 is 26.8 Å². The number of aromatic nitrogens is 2. The van der Waals surface area contributed by atoms with Crippen molar-refractivity contribution in [2.45, 2.75) is 19.3 Å². The molecule has 0 atom stereocenters. The van der Waals surface area contributed by atoms with E-state index in [0.717, 1.165) is 34.5 Å². The SMILES string of the molecule is c1ccc(CC2CCN(c3nc4cccnc4s3)CC2)cc1. The summed E-state index contributed by atoms with van der Waals surface area (Å²) in [6.07, 6.45) is 5.54. The van der Waals surface area contributed by atoms with E-state index in [-0.39, 0.29) is 0 Å². The molecular weight excluding hydrogens is 290 g/mol. The minimum absolute atomic E-state index is 0.797. The van der Waals surface area contributed by atoms with Gasteiger partial charge in [0.1, 0.15) is 10.3 Å². The van der Waals surface area contributed by atoms with Gasteiger partial charge in [-0.1, -0.05) is 41.7 Å². The molecule has 0 aliphatic carbocycles. The summed E-state index contributed by atoms with van der Waals surface area (Å²) < 4.78 is 0. The van der Waals surface area contributed by atoms with Crippen molar-refractivity contribution in [2.24, 2.45) is 5.92 Å². The fourth-order valence-corrected chi connectivity index (χ4v) is 4.13. The number of anilines is 1. The number of fused-ring (bicyclic) bond motifs is 1. The predicted molar refractivity (Wildman–Crippen MR) is 92.5 cm³/mol. The Bertz CT molecular complexity index is 712. The first-order chi connectivity index (χ1) is 10.9. The Morgan fingerprint density at radius 2 is 1.86 bits per heavy atom. The molecule has 0 saturated carbocycles. The number of pyridine rings is 1. The molecule has 0 N–H and O–H groups in total. The zero-order chi connectivity index (χ0) is 14.8. The highest BCUT2D eigenvalue weighted by Crippen LogP contribution is 2.31. The Hall–Kier alpha value is -1.94. The van der Waals surface area contributed by atoms with Crippen LogP contribution in [0, 0.1) is 5.92 Å². The van der Waals surface area contributed by atoms with Gasteiger partial charge >= 0.3 is 0 Å². The number of rotatable bonds is 3. The van der Waals surface area contributed by atoms with Crippen LogP contribution < -0.4 is 4.90 Å². The van der Waals surface area contributed by atoms with Gasteiger partial charge in [0.25, 0.3) is 0 Å². The van der Waals surface area contributed by atoms with Gasteiger partial charge < -0.3 is 4.90 Å². The number of hydrogen-bond acceptors (Lipinski definition) is 4. The summed E-state index contributed by atoms with van der Waals surface area (Å²) >= 11 is 1.71. The third-order valence-electron chi connectivity index (χ3n) is 4.41. The minimum Gasteiger partial charge on any atom is -0.348 e. The van der Waals surface area contributed by atoms with Crippen LogP contribution in [-0.2, 0) is 6.42 Å². The zero-order valence-corrected chi connectivity index (χ0v) is 13.3. The molecular formula is C18H19N3S. The monoisotopic (exact) mass is 309 g/mol. The Labute approximate surface area is 134 Å². The number of hydrogen-bond donors (Lipinski definition) is 0. The molecule has 4 rings (SSSR count). The Kier molecular flexibility index (Phi) is 3.77. The first-order valence-corrected chi connectivity index (χ1v) is 8.70. The lowest BCUT2D eigenvalue weighted by Crippen LogP contribution is -2.34. The van der Waals surface area contributed by atoms with Crippen LogP contribution in [0.1, 0.15) is 18.4 Å². The normalized spacial score (nSPS) is 16.3. The van der Waals surface area contributed by atoms with Gasteiger partial charge in [0.05, 0.1) is 0 Å². The summed E-state index contributed by atoms with van der Waals surface area (Å²) in [6, 6.07) is 14.9. The molecule has 1 aliphatic rings. The molecule has 3 heterocycles. The van der Waals surface area contributed by atoms with Crippen molar-refractivity contribution in [1.29, 1.82) is 0 Å². The van der Waals surface area contributed by atoms with Gasteiger partial charge in [0.15, 0.2) is 5.13 Å². The standard InChI is InChI=1S/C18H19N3S/c1-2-5-14(6-3-1)13-15-8-11-21(12-9-15)18-20-16-7-4-10-19-17(16)22-18/h1-7,10,15H,8-9,11-13H2. The molecule has 3 aromatic rings. The van der Waals surface area contributed by atoms with E-state index < -0.39 is 0 Å². The third kappa shape index (κ3) is 2.83. The maximum absolute atomic E-state index is 4.73. The van der Waals surface area contributed by atoms with Crippen molar-refractivity contribution in [1.82, 2.24) is 9.97 Å². The molecule has 1 aromatic carbocycles. The van der Waals surface area contributed by atoms with E-state index in [0.29, 0.717) is 0 Å². The maximum Gasteiger partial charge on any atom is 0.187 e. The summed E-state index contributed by atoms with van der Waals surface area (Å²) in [5.74, 6) is 0.797. The molecule has 1 saturated heterocycles. The summed E-state index contributed by atoms with van der Waals surface area (Å²) in [4.78, 5) is 12.6. The molecule has 1 aliphatic heterocycles. The van der Waals surface area contributed by atoms with Crippen LogP contribution in [0.2, 0.25) is 0 Å². The number of nitrogens with zero attached hydrogens (tertiary/aromatic N) is 3. The highest BCUT2D eigenvalue weighted by molar-refractivity contribution is 7.21. The van der Waals surface area contributed by atoms with E-state index in [2.05, 4.69) is 40.2 Å². The Morgan fingerprint density at radius 1 is 1.05 bits per heavy atom. The third-order valence-corrected chi connectivity index (χ3v) is 5.45. The van der Waals surface area contributed by atoms with Gasteiger partial charge in [0, 0.05) is 19.3 Å². The van der Waals surface area contributed by atoms with Crippen LogP contribution in [0.3, 0.4) is 0 Å². The number of benzene rings is 1. The second-order valence-corrected chi connectivity index (χ2v) is 6.90. The van der Waals surface area contributed by atoms with Crippen LogP contribution in [0.25, 0.3) is 10.3 Å². The van der Waals surface area contributed by atoms with E-state index in [1.54, 1.807) is 11.3 Å². The molecule has 2 aromatic heterocycles. The van der Waals surface area contributed by atoms with Crippen molar-refractivity contribution in [2.75, 3.05) is 18.0 Å². The Balaban J connectivity index is 1.41. The van der Waals surface area contributed by atoms with Crippen molar-refractivity contribution in [3.8, 4) is 0 Å². The summed E-state index contributed by atoms with van der Waals surface area (Å²) in [6.45, 7) is 2.22. The quantitative estimate of drug-likeness (QED) is 0.728. The van der Waals surface area contributed by atoms with Gasteiger partial charge in [-0.25, -0.2) is 9.97 Å². The van der Waals surface area contributed by atoms with Gasteiger partial charge in [-0.15, -0.1) is 0 Å². The lowest BCUT2D eigenvalue weighted by molar-refractivity contribution is 0.403. The average Bonchev–Trinajstić information content (AvgIpc) is 3.00. The Morgan fingerprint density at radius 3 is 2.64 bits per heavy atom. The van der Waals surface area contributed by atoms with Crippen LogP contribution in [0.5, 0.6) is 0 Å². The molecule has 0 amide bonds. The highest BCUT2D eigenvalue weighted by Gasteiger charge is 2.21. The van der Waals surface area contributed by atoms with Gasteiger partial charge in [-0.3, -0.25) is 0 Å². The first kappa shape index (κ1) is 13.7. The summed E-state index contributed by atoms with van der Waals surface area (Å²) in [7, 11) is 0. The maximum atomic E-state index is 4.73. The lowest BCUT2D eigenvalue weighted by atomic mass is 9.90. The minimum atomic E-state index is 0.797. The second kappa shape index (κ2) is 6.05. The molecule has 0 radical (unpaired) electrons. The van der Waals surface area contributed by atoms with E-state index in [1.807, 2.05) is 18.3 Å². The molecule has 3 nitrogen and oxygen atoms in total. The van der Waals surface area contributed by atoms with Crippen LogP contribution in [0.15, 0.2) is 48.7 Å². The zero-order valence-electron chi connectivity index (χ0n) is 12.5. The molecule has 4 heteroatoms. The molecule has 112 valence electrons. The van der Waals surface area contributed by atoms with E-state index in [4.69, 9.17) is 4.98 Å². The fourth-order valence-electron chi connectivity index (χ4n) is 3.17. The molecule has 22 heavy (non-hydrogen) atoms. The highest BCUT2D eigenvalue weighted by atomic mass is 32.1. The van der Waals surface area contributed by atoms with Crippen LogP contribution in [0.4, 0.5) is 5.13 Å². The van der Waals surface area contributed by atoms with E-state index >= 15 is 0 Å². The van der Waals surface area contributed by atoms with Crippen molar-refractivity contribution in [3.63, 3.8) is 0 Å². The fraction of sp³-hybridized carbons (Fsp3) is 0.333. The summed E-state index contributed by atoms with van der Waals surface area (Å²) in [5.41, 5.74) is 2.49. The number of piperidine rings is 1. The largest absolute Gasteiger partial charge is 0.348 e. The summed E-state index contributed by atoms with van der Waals surface area (Å²) in [5, 5.41) is 1.13. The van der Waals surface area contributed by atoms with Gasteiger partial charge in [0.2, 0.25) is 0 Å². The van der Waals surface area contributed by atoms with E-state index in [9.17, 15) is 0 Å². The first-order valence-electron chi connectivity index (χ1n) is 7.89. The molecule has 0 spiro atoms. The predicted octanol–water partition coefficient (Wildman–Crippen LogP) is 4.15. The van der Waals surface area contributed by atoms with E-state index in [1.165, 1.54) is 24.8 Å². The molecule has 0 unspecified atom stereocenters. The van der Waals surface area contributed by atoms with Crippen molar-refractivity contribution < 1.29 is 0 Å². The molecule has 1 fully saturated rings. The van der Waals surface area contributed by atoms with Gasteiger partial charge in [-0.2, -0.15) is 0 Å². The average molecular weight is 309 g/mol.